The van der Waals surface area contributed by atoms with Crippen molar-refractivity contribution in [1.29, 1.82) is 0 Å². The molecule has 7 heteroatoms. The summed E-state index contributed by atoms with van der Waals surface area (Å²) in [7, 11) is 1.56. The first-order chi connectivity index (χ1) is 18.0. The zero-order valence-electron chi connectivity index (χ0n) is 22.0. The molecule has 0 radical (unpaired) electrons. The van der Waals surface area contributed by atoms with Crippen molar-refractivity contribution in [3.8, 4) is 5.75 Å². The molecule has 2 N–H and O–H groups in total. The summed E-state index contributed by atoms with van der Waals surface area (Å²) in [5.74, 6) is 1.12. The number of nitrogens with zero attached hydrogens (tertiary/aromatic N) is 2. The number of piperidine rings is 2. The molecule has 7 nitrogen and oxygen atoms in total. The lowest BCUT2D eigenvalue weighted by molar-refractivity contribution is -0.130. The number of fused-ring (bicyclic) bond motifs is 1. The molecule has 1 aromatic heterocycles. The maximum absolute atomic E-state index is 13.4. The third kappa shape index (κ3) is 5.67. The van der Waals surface area contributed by atoms with E-state index in [0.29, 0.717) is 28.5 Å². The summed E-state index contributed by atoms with van der Waals surface area (Å²) in [6.45, 7) is 7.48. The number of para-hydroxylation sites is 1. The second-order valence-electron chi connectivity index (χ2n) is 10.5. The fraction of sp³-hybridized carbons (Fsp3) is 0.467. The molecule has 0 spiro atoms. The van der Waals surface area contributed by atoms with E-state index in [1.54, 1.807) is 13.2 Å². The van der Waals surface area contributed by atoms with E-state index in [9.17, 15) is 9.59 Å². The Morgan fingerprint density at radius 2 is 1.84 bits per heavy atom. The third-order valence-corrected chi connectivity index (χ3v) is 7.98. The average Bonchev–Trinajstić information content (AvgIpc) is 3.31. The normalized spacial score (nSPS) is 17.2. The van der Waals surface area contributed by atoms with Crippen LogP contribution in [0.3, 0.4) is 0 Å². The molecule has 2 fully saturated rings. The van der Waals surface area contributed by atoms with Gasteiger partial charge in [-0.3, -0.25) is 9.59 Å². The van der Waals surface area contributed by atoms with Crippen LogP contribution in [0, 0.1) is 12.8 Å². The zero-order valence-corrected chi connectivity index (χ0v) is 22.0. The number of carbonyl (C=O) groups is 2. The number of rotatable bonds is 8. The van der Waals surface area contributed by atoms with Gasteiger partial charge in [-0.05, 0) is 75.4 Å². The lowest BCUT2D eigenvalue weighted by atomic mass is 9.95. The second-order valence-corrected chi connectivity index (χ2v) is 10.5. The number of hydrogen-bond donors (Lipinski definition) is 2. The van der Waals surface area contributed by atoms with Crippen molar-refractivity contribution in [2.24, 2.45) is 5.92 Å². The van der Waals surface area contributed by atoms with E-state index in [0.717, 1.165) is 42.4 Å². The van der Waals surface area contributed by atoms with E-state index in [-0.39, 0.29) is 18.2 Å². The van der Waals surface area contributed by atoms with Gasteiger partial charge in [0.25, 0.3) is 0 Å². The quantitative estimate of drug-likeness (QED) is 0.431. The minimum absolute atomic E-state index is 0.0859. The summed E-state index contributed by atoms with van der Waals surface area (Å²) in [5, 5.41) is 4.34. The summed E-state index contributed by atoms with van der Waals surface area (Å²) < 4.78 is 5.65. The Morgan fingerprint density at radius 1 is 1.05 bits per heavy atom. The molecular formula is C30H38N4O3. The molecule has 196 valence electrons. The maximum atomic E-state index is 13.4. The Balaban J connectivity index is 1.20. The predicted octanol–water partition coefficient (Wildman–Crippen LogP) is 4.85. The number of methoxy groups -OCH3 is 1. The summed E-state index contributed by atoms with van der Waals surface area (Å²) >= 11 is 0. The molecule has 2 aliphatic heterocycles. The molecule has 2 aliphatic rings. The Morgan fingerprint density at radius 3 is 2.59 bits per heavy atom. The zero-order chi connectivity index (χ0) is 25.8. The summed E-state index contributed by atoms with van der Waals surface area (Å²) in [6, 6.07) is 11.1. The highest BCUT2D eigenvalue weighted by Gasteiger charge is 2.25. The number of amides is 1. The molecule has 3 heterocycles. The number of carbonyl (C=O) groups excluding carboxylic acids is 2. The number of likely N-dealkylation sites (tertiary alicyclic amines) is 2. The van der Waals surface area contributed by atoms with Gasteiger partial charge in [0.2, 0.25) is 5.91 Å². The third-order valence-electron chi connectivity index (χ3n) is 7.98. The van der Waals surface area contributed by atoms with Crippen molar-refractivity contribution in [2.45, 2.75) is 39.0 Å². The van der Waals surface area contributed by atoms with Gasteiger partial charge in [0.15, 0.2) is 11.5 Å². The van der Waals surface area contributed by atoms with E-state index < -0.39 is 0 Å². The van der Waals surface area contributed by atoms with Crippen LogP contribution in [0.15, 0.2) is 42.6 Å². The van der Waals surface area contributed by atoms with Crippen molar-refractivity contribution >= 4 is 28.3 Å². The number of aromatic amines is 1. The van der Waals surface area contributed by atoms with E-state index in [4.69, 9.17) is 4.74 Å². The Labute approximate surface area is 219 Å². The maximum Gasteiger partial charge on any atom is 0.241 e. The predicted molar refractivity (Wildman–Crippen MR) is 148 cm³/mol. The van der Waals surface area contributed by atoms with Gasteiger partial charge >= 0.3 is 0 Å². The van der Waals surface area contributed by atoms with E-state index in [1.807, 2.05) is 48.4 Å². The van der Waals surface area contributed by atoms with Crippen LogP contribution in [0.5, 0.6) is 5.75 Å². The minimum atomic E-state index is -0.114. The summed E-state index contributed by atoms with van der Waals surface area (Å²) in [5.41, 5.74) is 3.79. The average molecular weight is 503 g/mol. The smallest absolute Gasteiger partial charge is 0.241 e. The van der Waals surface area contributed by atoms with Crippen LogP contribution in [0.25, 0.3) is 10.9 Å². The van der Waals surface area contributed by atoms with E-state index in [1.165, 1.54) is 38.9 Å². The number of aromatic nitrogens is 1. The van der Waals surface area contributed by atoms with Crippen LogP contribution in [-0.2, 0) is 4.79 Å². The number of ether oxygens (including phenoxy) is 1. The molecule has 0 unspecified atom stereocenters. The van der Waals surface area contributed by atoms with Crippen LogP contribution < -0.4 is 10.1 Å². The van der Waals surface area contributed by atoms with Crippen LogP contribution in [0.1, 0.15) is 53.6 Å². The molecule has 2 saturated heterocycles. The Kier molecular flexibility index (Phi) is 7.79. The first kappa shape index (κ1) is 25.3. The lowest BCUT2D eigenvalue weighted by Gasteiger charge is -2.36. The molecule has 2 aromatic carbocycles. The van der Waals surface area contributed by atoms with Crippen LogP contribution in [0.4, 0.5) is 5.69 Å². The van der Waals surface area contributed by atoms with Gasteiger partial charge < -0.3 is 24.8 Å². The van der Waals surface area contributed by atoms with Crippen LogP contribution >= 0.6 is 0 Å². The van der Waals surface area contributed by atoms with Gasteiger partial charge in [0.05, 0.1) is 24.9 Å². The lowest BCUT2D eigenvalue weighted by Crippen LogP contribution is -2.44. The molecule has 0 aliphatic carbocycles. The molecule has 3 aromatic rings. The van der Waals surface area contributed by atoms with Gasteiger partial charge in [0.1, 0.15) is 0 Å². The van der Waals surface area contributed by atoms with Crippen LogP contribution in [-0.4, -0.2) is 72.9 Å². The summed E-state index contributed by atoms with van der Waals surface area (Å²) in [4.78, 5) is 34.2. The molecule has 0 atom stereocenters. The molecule has 0 saturated carbocycles. The highest BCUT2D eigenvalue weighted by atomic mass is 16.5. The largest absolute Gasteiger partial charge is 0.494 e. The van der Waals surface area contributed by atoms with Crippen molar-refractivity contribution in [3.63, 3.8) is 0 Å². The monoisotopic (exact) mass is 502 g/mol. The second kappa shape index (κ2) is 11.4. The highest BCUT2D eigenvalue weighted by molar-refractivity contribution is 6.13. The Bertz CT molecular complexity index is 1250. The van der Waals surface area contributed by atoms with Crippen molar-refractivity contribution < 1.29 is 14.3 Å². The van der Waals surface area contributed by atoms with Crippen LogP contribution in [0.2, 0.25) is 0 Å². The fourth-order valence-corrected chi connectivity index (χ4v) is 5.80. The van der Waals surface area contributed by atoms with E-state index in [2.05, 4.69) is 15.2 Å². The number of H-pyrrole nitrogens is 1. The Hall–Kier alpha value is -3.32. The fourth-order valence-electron chi connectivity index (χ4n) is 5.80. The van der Waals surface area contributed by atoms with Crippen molar-refractivity contribution in [2.75, 3.05) is 51.7 Å². The van der Waals surface area contributed by atoms with Gasteiger partial charge in [-0.1, -0.05) is 24.6 Å². The van der Waals surface area contributed by atoms with Gasteiger partial charge in [0, 0.05) is 42.3 Å². The number of hydrogen-bond acceptors (Lipinski definition) is 5. The summed E-state index contributed by atoms with van der Waals surface area (Å²) in [6.07, 6.45) is 8.09. The number of ketones is 1. The standard InChI is InChI=1S/C30H38N4O3/c1-21-18-31-27-17-23(9-10-24(21)27)29(36)25-7-6-8-26(30(25)37-2)32-19-28(35)34-15-11-22(12-16-34)20-33-13-4-3-5-14-33/h6-10,17-18,22,31-32H,3-5,11-16,19-20H2,1-2H3. The van der Waals surface area contributed by atoms with Gasteiger partial charge in [-0.15, -0.1) is 0 Å². The number of benzene rings is 2. The van der Waals surface area contributed by atoms with Crippen molar-refractivity contribution in [3.05, 3.63) is 59.3 Å². The molecule has 37 heavy (non-hydrogen) atoms. The highest BCUT2D eigenvalue weighted by Crippen LogP contribution is 2.31. The SMILES string of the molecule is COc1c(NCC(=O)N2CCC(CN3CCCCC3)CC2)cccc1C(=O)c1ccc2c(C)c[nH]c2c1. The molecule has 1 amide bonds. The first-order valence-corrected chi connectivity index (χ1v) is 13.6. The number of aryl methyl sites for hydroxylation is 1. The molecule has 0 bridgehead atoms. The minimum Gasteiger partial charge on any atom is -0.494 e. The van der Waals surface area contributed by atoms with E-state index >= 15 is 0 Å². The number of nitrogens with one attached hydrogen (secondary N) is 2. The topological polar surface area (TPSA) is 77.7 Å². The molecule has 5 rings (SSSR count). The first-order valence-electron chi connectivity index (χ1n) is 13.6. The van der Waals surface area contributed by atoms with Gasteiger partial charge in [-0.25, -0.2) is 0 Å². The van der Waals surface area contributed by atoms with Crippen molar-refractivity contribution in [1.82, 2.24) is 14.8 Å². The van der Waals surface area contributed by atoms with Gasteiger partial charge in [-0.2, -0.15) is 0 Å². The molecular weight excluding hydrogens is 464 g/mol. The number of anilines is 1.